The van der Waals surface area contributed by atoms with Crippen LogP contribution in [-0.2, 0) is 11.8 Å². The second-order valence-electron chi connectivity index (χ2n) is 7.82. The number of aromatic nitrogens is 1. The fourth-order valence-corrected chi connectivity index (χ4v) is 4.03. The number of piperazine rings is 1. The molecule has 7 heteroatoms. The molecule has 0 unspecified atom stereocenters. The molecule has 0 saturated carbocycles. The van der Waals surface area contributed by atoms with Crippen molar-refractivity contribution in [1.29, 1.82) is 5.26 Å². The van der Waals surface area contributed by atoms with Gasteiger partial charge < -0.3 is 19.3 Å². The lowest BCUT2D eigenvalue weighted by molar-refractivity contribution is -0.133. The van der Waals surface area contributed by atoms with Crippen LogP contribution in [0.5, 0.6) is 0 Å². The Balaban J connectivity index is 1.51. The van der Waals surface area contributed by atoms with Crippen LogP contribution in [0.4, 0.5) is 0 Å². The van der Waals surface area contributed by atoms with Crippen LogP contribution in [0.2, 0.25) is 0 Å². The van der Waals surface area contributed by atoms with Crippen molar-refractivity contribution < 1.29 is 9.59 Å². The summed E-state index contributed by atoms with van der Waals surface area (Å²) in [6.07, 6.45) is 5.12. The molecule has 3 heterocycles. The summed E-state index contributed by atoms with van der Waals surface area (Å²) in [7, 11) is 3.88. The summed E-state index contributed by atoms with van der Waals surface area (Å²) in [6, 6.07) is 3.74. The topological polar surface area (TPSA) is 72.6 Å². The highest BCUT2D eigenvalue weighted by Crippen LogP contribution is 2.23. The Labute approximate surface area is 161 Å². The fraction of sp³-hybridized carbons (Fsp3) is 0.650. The monoisotopic (exact) mass is 371 g/mol. The van der Waals surface area contributed by atoms with E-state index in [2.05, 4.69) is 18.0 Å². The second-order valence-corrected chi connectivity index (χ2v) is 7.82. The average molecular weight is 371 g/mol. The molecule has 1 atom stereocenters. The molecule has 0 spiro atoms. The first kappa shape index (κ1) is 19.4. The van der Waals surface area contributed by atoms with Gasteiger partial charge in [0.15, 0.2) is 0 Å². The molecular formula is C20H29N5O2. The molecule has 2 saturated heterocycles. The fourth-order valence-electron chi connectivity index (χ4n) is 4.03. The molecule has 0 aliphatic carbocycles. The highest BCUT2D eigenvalue weighted by Gasteiger charge is 2.27. The quantitative estimate of drug-likeness (QED) is 0.800. The molecule has 2 fully saturated rings. The number of piperidine rings is 1. The SMILES string of the molecule is CN1CCN(C(=O)CC[C@@H]2CCCN(C(=O)c3cc(C#N)cn3C)C2)CC1. The molecule has 2 aliphatic heterocycles. The summed E-state index contributed by atoms with van der Waals surface area (Å²) in [5.74, 6) is 0.594. The highest BCUT2D eigenvalue weighted by atomic mass is 16.2. The van der Waals surface area contributed by atoms with E-state index in [0.29, 0.717) is 30.1 Å². The summed E-state index contributed by atoms with van der Waals surface area (Å²) in [5.41, 5.74) is 1.06. The number of nitrogens with zero attached hydrogens (tertiary/aromatic N) is 5. The Bertz CT molecular complexity index is 727. The summed E-state index contributed by atoms with van der Waals surface area (Å²) >= 11 is 0. The van der Waals surface area contributed by atoms with Crippen LogP contribution in [0, 0.1) is 17.2 Å². The largest absolute Gasteiger partial charge is 0.345 e. The van der Waals surface area contributed by atoms with Gasteiger partial charge in [0.1, 0.15) is 11.8 Å². The molecule has 27 heavy (non-hydrogen) atoms. The number of rotatable bonds is 4. The predicted octanol–water partition coefficient (Wildman–Crippen LogP) is 1.30. The molecule has 2 amide bonds. The zero-order valence-electron chi connectivity index (χ0n) is 16.4. The Morgan fingerprint density at radius 3 is 2.56 bits per heavy atom. The smallest absolute Gasteiger partial charge is 0.270 e. The summed E-state index contributed by atoms with van der Waals surface area (Å²) < 4.78 is 1.72. The van der Waals surface area contributed by atoms with E-state index in [1.54, 1.807) is 23.9 Å². The maximum atomic E-state index is 12.8. The summed E-state index contributed by atoms with van der Waals surface area (Å²) in [5, 5.41) is 9.03. The molecule has 0 aromatic carbocycles. The van der Waals surface area contributed by atoms with E-state index in [-0.39, 0.29) is 11.8 Å². The average Bonchev–Trinajstić information content (AvgIpc) is 3.07. The van der Waals surface area contributed by atoms with E-state index in [1.165, 1.54) is 0 Å². The molecule has 2 aliphatic rings. The number of hydrogen-bond acceptors (Lipinski definition) is 4. The maximum absolute atomic E-state index is 12.8. The zero-order chi connectivity index (χ0) is 19.4. The first-order valence-electron chi connectivity index (χ1n) is 9.80. The Hall–Kier alpha value is -2.33. The summed E-state index contributed by atoms with van der Waals surface area (Å²) in [6.45, 7) is 4.97. The molecule has 0 radical (unpaired) electrons. The standard InChI is InChI=1S/C20H29N5O2/c1-22-8-10-24(11-9-22)19(26)6-5-16-4-3-7-25(15-16)20(27)18-12-17(13-21)14-23(18)2/h12,14,16H,3-11,15H2,1-2H3/t16-/m0/s1. The van der Waals surface area contributed by atoms with Crippen LogP contribution in [-0.4, -0.2) is 77.4 Å². The van der Waals surface area contributed by atoms with Gasteiger partial charge in [0, 0.05) is 58.9 Å². The van der Waals surface area contributed by atoms with Crippen molar-refractivity contribution in [2.75, 3.05) is 46.3 Å². The van der Waals surface area contributed by atoms with Gasteiger partial charge in [0.25, 0.3) is 5.91 Å². The van der Waals surface area contributed by atoms with Crippen LogP contribution < -0.4 is 0 Å². The van der Waals surface area contributed by atoms with E-state index in [9.17, 15) is 9.59 Å². The van der Waals surface area contributed by atoms with Crippen molar-refractivity contribution in [2.45, 2.75) is 25.7 Å². The minimum atomic E-state index is -0.0194. The van der Waals surface area contributed by atoms with Gasteiger partial charge in [0.05, 0.1) is 5.56 Å². The van der Waals surface area contributed by atoms with E-state index < -0.39 is 0 Å². The van der Waals surface area contributed by atoms with Crippen molar-refractivity contribution in [2.24, 2.45) is 13.0 Å². The lowest BCUT2D eigenvalue weighted by Gasteiger charge is -2.34. The Morgan fingerprint density at radius 1 is 1.15 bits per heavy atom. The molecule has 0 bridgehead atoms. The third-order valence-electron chi connectivity index (χ3n) is 5.78. The van der Waals surface area contributed by atoms with Gasteiger partial charge in [-0.25, -0.2) is 0 Å². The molecule has 0 N–H and O–H groups in total. The normalized spacial score (nSPS) is 21.1. The number of carbonyl (C=O) groups excluding carboxylic acids is 2. The number of amides is 2. The molecule has 146 valence electrons. The molecule has 3 rings (SSSR count). The Kier molecular flexibility index (Phi) is 6.17. The minimum absolute atomic E-state index is 0.0194. The van der Waals surface area contributed by atoms with Gasteiger partial charge >= 0.3 is 0 Å². The molecule has 1 aromatic rings. The summed E-state index contributed by atoms with van der Waals surface area (Å²) in [4.78, 5) is 31.4. The van der Waals surface area contributed by atoms with Crippen LogP contribution >= 0.6 is 0 Å². The number of hydrogen-bond donors (Lipinski definition) is 0. The van der Waals surface area contributed by atoms with E-state index in [0.717, 1.165) is 52.0 Å². The van der Waals surface area contributed by atoms with Gasteiger partial charge in [0.2, 0.25) is 5.91 Å². The third kappa shape index (κ3) is 4.69. The molecular weight excluding hydrogens is 342 g/mol. The zero-order valence-corrected chi connectivity index (χ0v) is 16.4. The first-order chi connectivity index (χ1) is 13.0. The third-order valence-corrected chi connectivity index (χ3v) is 5.78. The number of nitriles is 1. The van der Waals surface area contributed by atoms with Crippen molar-refractivity contribution in [1.82, 2.24) is 19.3 Å². The van der Waals surface area contributed by atoms with Crippen LogP contribution in [0.3, 0.4) is 0 Å². The van der Waals surface area contributed by atoms with E-state index in [1.807, 2.05) is 9.80 Å². The predicted molar refractivity (Wildman–Crippen MR) is 102 cm³/mol. The van der Waals surface area contributed by atoms with Gasteiger partial charge in [-0.1, -0.05) is 0 Å². The number of carbonyl (C=O) groups is 2. The first-order valence-corrected chi connectivity index (χ1v) is 9.80. The van der Waals surface area contributed by atoms with Crippen LogP contribution in [0.25, 0.3) is 0 Å². The number of aryl methyl sites for hydroxylation is 1. The van der Waals surface area contributed by atoms with Gasteiger partial charge in [-0.15, -0.1) is 0 Å². The highest BCUT2D eigenvalue weighted by molar-refractivity contribution is 5.93. The lowest BCUT2D eigenvalue weighted by atomic mass is 9.93. The maximum Gasteiger partial charge on any atom is 0.270 e. The number of likely N-dealkylation sites (N-methyl/N-ethyl adjacent to an activating group) is 1. The van der Waals surface area contributed by atoms with Crippen molar-refractivity contribution in [3.8, 4) is 6.07 Å². The van der Waals surface area contributed by atoms with Crippen LogP contribution in [0.15, 0.2) is 12.3 Å². The van der Waals surface area contributed by atoms with Crippen molar-refractivity contribution >= 4 is 11.8 Å². The van der Waals surface area contributed by atoms with Crippen molar-refractivity contribution in [3.63, 3.8) is 0 Å². The Morgan fingerprint density at radius 2 is 1.89 bits per heavy atom. The molecule has 7 nitrogen and oxygen atoms in total. The van der Waals surface area contributed by atoms with Gasteiger partial charge in [-0.05, 0) is 38.3 Å². The van der Waals surface area contributed by atoms with Gasteiger partial charge in [-0.2, -0.15) is 5.26 Å². The number of likely N-dealkylation sites (tertiary alicyclic amines) is 1. The van der Waals surface area contributed by atoms with E-state index >= 15 is 0 Å². The lowest BCUT2D eigenvalue weighted by Crippen LogP contribution is -2.47. The molecule has 1 aromatic heterocycles. The van der Waals surface area contributed by atoms with Gasteiger partial charge in [-0.3, -0.25) is 9.59 Å². The second kappa shape index (κ2) is 8.57. The minimum Gasteiger partial charge on any atom is -0.345 e. The van der Waals surface area contributed by atoms with Crippen molar-refractivity contribution in [3.05, 3.63) is 23.5 Å². The van der Waals surface area contributed by atoms with Crippen LogP contribution in [0.1, 0.15) is 41.7 Å². The van der Waals surface area contributed by atoms with E-state index in [4.69, 9.17) is 5.26 Å².